The van der Waals surface area contributed by atoms with Crippen LogP contribution in [0.1, 0.15) is 16.7 Å². The number of carbonyl (C=O) groups is 1. The molecule has 2 N–H and O–H groups in total. The van der Waals surface area contributed by atoms with Crippen molar-refractivity contribution in [2.45, 2.75) is 24.8 Å². The van der Waals surface area contributed by atoms with Crippen molar-refractivity contribution >= 4 is 34.7 Å². The zero-order valence-electron chi connectivity index (χ0n) is 16.4. The number of aryl methyl sites for hydroxylation is 1. The minimum Gasteiger partial charge on any atom is -0.465 e. The topological polar surface area (TPSA) is 92.9 Å². The van der Waals surface area contributed by atoms with Crippen LogP contribution in [0.4, 0.5) is 10.5 Å². The Morgan fingerprint density at radius 2 is 1.97 bits per heavy atom. The van der Waals surface area contributed by atoms with E-state index < -0.39 is 6.09 Å². The van der Waals surface area contributed by atoms with E-state index in [-0.39, 0.29) is 0 Å². The fourth-order valence-electron chi connectivity index (χ4n) is 3.35. The highest BCUT2D eigenvalue weighted by molar-refractivity contribution is 7.99. The maximum Gasteiger partial charge on any atom is 0.409 e. The highest BCUT2D eigenvalue weighted by Gasteiger charge is 2.10. The molecule has 1 amide bonds. The molecule has 0 spiro atoms. The molecule has 0 aliphatic rings. The van der Waals surface area contributed by atoms with Crippen molar-refractivity contribution in [1.82, 2.24) is 19.5 Å². The minimum absolute atomic E-state index is 0.644. The number of amides is 1. The van der Waals surface area contributed by atoms with Gasteiger partial charge in [-0.15, -0.1) is 11.8 Å². The van der Waals surface area contributed by atoms with Gasteiger partial charge in [-0.3, -0.25) is 5.32 Å². The molecule has 30 heavy (non-hydrogen) atoms. The Morgan fingerprint density at radius 3 is 2.83 bits per heavy atom. The van der Waals surface area contributed by atoms with Crippen molar-refractivity contribution < 1.29 is 9.90 Å². The molecule has 4 aromatic rings. The third-order valence-electron chi connectivity index (χ3n) is 4.91. The Bertz CT molecular complexity index is 1190. The first kappa shape index (κ1) is 19.9. The van der Waals surface area contributed by atoms with Gasteiger partial charge in [0.15, 0.2) is 5.65 Å². The second-order valence-corrected chi connectivity index (χ2v) is 7.97. The molecule has 7 nitrogen and oxygen atoms in total. The van der Waals surface area contributed by atoms with Crippen LogP contribution in [0, 0.1) is 6.92 Å². The molecule has 0 saturated carbocycles. The number of para-hydroxylation sites is 1. The van der Waals surface area contributed by atoms with Crippen molar-refractivity contribution in [2.24, 2.45) is 0 Å². The van der Waals surface area contributed by atoms with Crippen molar-refractivity contribution in [1.29, 1.82) is 0 Å². The zero-order chi connectivity index (χ0) is 20.9. The Labute approximate surface area is 178 Å². The number of anilines is 1. The molecular weight excluding hydrogens is 398 g/mol. The van der Waals surface area contributed by atoms with E-state index in [9.17, 15) is 4.79 Å². The SMILES string of the molecule is Cc1c(Cn2cnc3cncnc32)cccc1SCCc1ccccc1NC(=O)O. The molecule has 152 valence electrons. The number of hydrogen-bond donors (Lipinski definition) is 2. The second-order valence-electron chi connectivity index (χ2n) is 6.83. The molecule has 2 aromatic carbocycles. The van der Waals surface area contributed by atoms with E-state index in [0.29, 0.717) is 12.2 Å². The maximum atomic E-state index is 11.0. The molecule has 4 rings (SSSR count). The van der Waals surface area contributed by atoms with E-state index >= 15 is 0 Å². The summed E-state index contributed by atoms with van der Waals surface area (Å²) in [6.45, 7) is 2.82. The highest BCUT2D eigenvalue weighted by atomic mass is 32.2. The van der Waals surface area contributed by atoms with Gasteiger partial charge in [-0.1, -0.05) is 30.3 Å². The van der Waals surface area contributed by atoms with Crippen molar-refractivity contribution in [3.05, 3.63) is 78.0 Å². The van der Waals surface area contributed by atoms with Gasteiger partial charge in [0.05, 0.1) is 19.1 Å². The largest absolute Gasteiger partial charge is 0.465 e. The van der Waals surface area contributed by atoms with Gasteiger partial charge in [-0.05, 0) is 42.2 Å². The molecule has 2 aromatic heterocycles. The average Bonchev–Trinajstić information content (AvgIpc) is 3.14. The highest BCUT2D eigenvalue weighted by Crippen LogP contribution is 2.27. The van der Waals surface area contributed by atoms with Crippen molar-refractivity contribution in [3.8, 4) is 0 Å². The van der Waals surface area contributed by atoms with Gasteiger partial charge in [0, 0.05) is 16.3 Å². The number of benzene rings is 2. The van der Waals surface area contributed by atoms with Crippen LogP contribution < -0.4 is 5.32 Å². The number of nitrogens with zero attached hydrogens (tertiary/aromatic N) is 4. The first-order valence-electron chi connectivity index (χ1n) is 9.52. The standard InChI is InChI=1S/C22H21N5O2S/c1-15-17(12-27-14-25-19-11-23-13-24-21(19)27)6-4-8-20(15)30-10-9-16-5-2-3-7-18(16)26-22(28)29/h2-8,11,13-14,26H,9-10,12H2,1H3,(H,28,29). The Morgan fingerprint density at radius 1 is 1.13 bits per heavy atom. The molecular formula is C22H21N5O2S. The maximum absolute atomic E-state index is 11.0. The Hall–Kier alpha value is -3.39. The van der Waals surface area contributed by atoms with Crippen LogP contribution in [-0.4, -0.2) is 36.5 Å². The molecule has 0 fully saturated rings. The van der Waals surface area contributed by atoms with Crippen LogP contribution in [0.15, 0.2) is 66.2 Å². The number of imidazole rings is 1. The van der Waals surface area contributed by atoms with Crippen LogP contribution in [0.3, 0.4) is 0 Å². The summed E-state index contributed by atoms with van der Waals surface area (Å²) in [4.78, 5) is 24.9. The third kappa shape index (κ3) is 4.44. The van der Waals surface area contributed by atoms with Gasteiger partial charge in [-0.25, -0.2) is 19.7 Å². The lowest BCUT2D eigenvalue weighted by Crippen LogP contribution is -2.09. The zero-order valence-corrected chi connectivity index (χ0v) is 17.3. The van der Waals surface area contributed by atoms with Gasteiger partial charge < -0.3 is 9.67 Å². The summed E-state index contributed by atoms with van der Waals surface area (Å²) in [6, 6.07) is 13.8. The molecule has 0 aliphatic heterocycles. The summed E-state index contributed by atoms with van der Waals surface area (Å²) in [7, 11) is 0. The summed E-state index contributed by atoms with van der Waals surface area (Å²) in [5.41, 5.74) is 5.69. The first-order valence-corrected chi connectivity index (χ1v) is 10.5. The number of aromatic nitrogens is 4. The van der Waals surface area contributed by atoms with Gasteiger partial charge in [0.1, 0.15) is 11.8 Å². The quantitative estimate of drug-likeness (QED) is 0.425. The lowest BCUT2D eigenvalue weighted by Gasteiger charge is -2.13. The number of thioether (sulfide) groups is 1. The number of fused-ring (bicyclic) bond motifs is 1. The molecule has 0 radical (unpaired) electrons. The summed E-state index contributed by atoms with van der Waals surface area (Å²) < 4.78 is 2.03. The van der Waals surface area contributed by atoms with Crippen LogP contribution in [0.2, 0.25) is 0 Å². The van der Waals surface area contributed by atoms with Crippen LogP contribution in [-0.2, 0) is 13.0 Å². The third-order valence-corrected chi connectivity index (χ3v) is 6.07. The molecule has 0 atom stereocenters. The normalized spacial score (nSPS) is 11.0. The Balaban J connectivity index is 1.46. The van der Waals surface area contributed by atoms with Gasteiger partial charge in [0.25, 0.3) is 0 Å². The van der Waals surface area contributed by atoms with E-state index in [2.05, 4.69) is 45.4 Å². The lowest BCUT2D eigenvalue weighted by atomic mass is 10.1. The van der Waals surface area contributed by atoms with E-state index in [1.807, 2.05) is 22.8 Å². The van der Waals surface area contributed by atoms with Gasteiger partial charge >= 0.3 is 6.09 Å². The van der Waals surface area contributed by atoms with E-state index in [4.69, 9.17) is 5.11 Å². The number of hydrogen-bond acceptors (Lipinski definition) is 5. The van der Waals surface area contributed by atoms with Crippen molar-refractivity contribution in [3.63, 3.8) is 0 Å². The molecule has 0 unspecified atom stereocenters. The summed E-state index contributed by atoms with van der Waals surface area (Å²) in [5, 5.41) is 11.5. The van der Waals surface area contributed by atoms with E-state index in [0.717, 1.165) is 28.9 Å². The van der Waals surface area contributed by atoms with Crippen LogP contribution >= 0.6 is 11.8 Å². The first-order chi connectivity index (χ1) is 14.6. The molecule has 0 saturated heterocycles. The molecule has 8 heteroatoms. The fraction of sp³-hybridized carbons (Fsp3) is 0.182. The number of rotatable bonds is 7. The molecule has 0 aliphatic carbocycles. The van der Waals surface area contributed by atoms with Crippen molar-refractivity contribution in [2.75, 3.05) is 11.1 Å². The van der Waals surface area contributed by atoms with E-state index in [1.165, 1.54) is 22.3 Å². The Kier molecular flexibility index (Phi) is 5.94. The molecule has 0 bridgehead atoms. The lowest BCUT2D eigenvalue weighted by molar-refractivity contribution is 0.209. The number of nitrogens with one attached hydrogen (secondary N) is 1. The van der Waals surface area contributed by atoms with Crippen LogP contribution in [0.5, 0.6) is 0 Å². The predicted octanol–water partition coefficient (Wildman–Crippen LogP) is 4.61. The predicted molar refractivity (Wildman–Crippen MR) is 118 cm³/mol. The van der Waals surface area contributed by atoms with Gasteiger partial charge in [-0.2, -0.15) is 0 Å². The van der Waals surface area contributed by atoms with Crippen LogP contribution in [0.25, 0.3) is 11.2 Å². The summed E-state index contributed by atoms with van der Waals surface area (Å²) in [6.07, 6.45) is 4.78. The summed E-state index contributed by atoms with van der Waals surface area (Å²) >= 11 is 1.77. The smallest absolute Gasteiger partial charge is 0.409 e. The number of carboxylic acid groups (broad SMARTS) is 1. The monoisotopic (exact) mass is 419 g/mol. The van der Waals surface area contributed by atoms with Gasteiger partial charge in [0.2, 0.25) is 0 Å². The second kappa shape index (κ2) is 8.96. The van der Waals surface area contributed by atoms with E-state index in [1.54, 1.807) is 30.4 Å². The minimum atomic E-state index is -1.05. The molecule has 2 heterocycles. The summed E-state index contributed by atoms with van der Waals surface area (Å²) in [5.74, 6) is 0.851. The fourth-order valence-corrected chi connectivity index (χ4v) is 4.41. The average molecular weight is 420 g/mol.